The number of nitrogens with two attached hydrogens (primary N) is 1. The van der Waals surface area contributed by atoms with Crippen LogP contribution in [0.15, 0.2) is 46.9 Å². The van der Waals surface area contributed by atoms with E-state index in [1.54, 1.807) is 13.2 Å². The highest BCUT2D eigenvalue weighted by atomic mass is 79.9. The minimum absolute atomic E-state index is 0.448. The molecule has 0 aliphatic carbocycles. The van der Waals surface area contributed by atoms with E-state index in [1.807, 2.05) is 36.4 Å². The predicted octanol–water partition coefficient (Wildman–Crippen LogP) is 3.62. The van der Waals surface area contributed by atoms with E-state index in [0.29, 0.717) is 12.3 Å². The normalized spacial score (nSPS) is 10.1. The molecule has 94 valence electrons. The molecule has 0 aliphatic heterocycles. The maximum absolute atomic E-state index is 5.79. The molecule has 2 aromatic carbocycles. The predicted molar refractivity (Wildman–Crippen MR) is 75.9 cm³/mol. The summed E-state index contributed by atoms with van der Waals surface area (Å²) in [5.74, 6) is 1.54. The summed E-state index contributed by atoms with van der Waals surface area (Å²) in [5, 5.41) is 0. The van der Waals surface area contributed by atoms with Gasteiger partial charge in [-0.05, 0) is 45.8 Å². The fraction of sp³-hybridized carbons (Fsp3) is 0.143. The Kier molecular flexibility index (Phi) is 4.10. The van der Waals surface area contributed by atoms with E-state index >= 15 is 0 Å². The van der Waals surface area contributed by atoms with Crippen LogP contribution in [0.25, 0.3) is 0 Å². The van der Waals surface area contributed by atoms with Gasteiger partial charge in [0.2, 0.25) is 0 Å². The molecule has 0 aliphatic rings. The lowest BCUT2D eigenvalue weighted by Crippen LogP contribution is -1.98. The highest BCUT2D eigenvalue weighted by Crippen LogP contribution is 2.26. The van der Waals surface area contributed by atoms with Gasteiger partial charge in [0.15, 0.2) is 0 Å². The average molecular weight is 308 g/mol. The van der Waals surface area contributed by atoms with Crippen LogP contribution in [0.2, 0.25) is 0 Å². The number of hydrogen-bond donors (Lipinski definition) is 1. The molecule has 0 amide bonds. The molecular formula is C14H14BrNO2. The monoisotopic (exact) mass is 307 g/mol. The van der Waals surface area contributed by atoms with Crippen molar-refractivity contribution in [2.24, 2.45) is 0 Å². The first kappa shape index (κ1) is 12.8. The molecule has 0 heterocycles. The first-order valence-electron chi connectivity index (χ1n) is 5.50. The van der Waals surface area contributed by atoms with Crippen LogP contribution >= 0.6 is 15.9 Å². The van der Waals surface area contributed by atoms with E-state index in [4.69, 9.17) is 15.2 Å². The Morgan fingerprint density at radius 3 is 2.67 bits per heavy atom. The summed E-state index contributed by atoms with van der Waals surface area (Å²) in [6, 6.07) is 13.3. The number of hydrogen-bond acceptors (Lipinski definition) is 3. The number of anilines is 1. The molecule has 0 spiro atoms. The van der Waals surface area contributed by atoms with Gasteiger partial charge in [-0.15, -0.1) is 0 Å². The Balaban J connectivity index is 2.11. The Hall–Kier alpha value is -1.68. The van der Waals surface area contributed by atoms with Crippen molar-refractivity contribution in [2.75, 3.05) is 12.8 Å². The van der Waals surface area contributed by atoms with E-state index in [0.717, 1.165) is 21.5 Å². The van der Waals surface area contributed by atoms with E-state index in [1.165, 1.54) is 0 Å². The fourth-order valence-electron chi connectivity index (χ4n) is 1.61. The molecule has 0 saturated carbocycles. The quantitative estimate of drug-likeness (QED) is 0.877. The topological polar surface area (TPSA) is 44.5 Å². The van der Waals surface area contributed by atoms with E-state index in [-0.39, 0.29) is 0 Å². The van der Waals surface area contributed by atoms with Crippen LogP contribution in [0.1, 0.15) is 5.56 Å². The van der Waals surface area contributed by atoms with Crippen molar-refractivity contribution in [3.8, 4) is 11.5 Å². The first-order chi connectivity index (χ1) is 8.69. The summed E-state index contributed by atoms with van der Waals surface area (Å²) < 4.78 is 11.8. The zero-order valence-corrected chi connectivity index (χ0v) is 11.6. The second kappa shape index (κ2) is 5.78. The van der Waals surface area contributed by atoms with Crippen molar-refractivity contribution in [2.45, 2.75) is 6.61 Å². The molecule has 0 radical (unpaired) electrons. The molecule has 0 unspecified atom stereocenters. The number of ether oxygens (including phenoxy) is 2. The van der Waals surface area contributed by atoms with Gasteiger partial charge in [-0.25, -0.2) is 0 Å². The van der Waals surface area contributed by atoms with Crippen molar-refractivity contribution < 1.29 is 9.47 Å². The van der Waals surface area contributed by atoms with Crippen LogP contribution in [0.3, 0.4) is 0 Å². The molecule has 3 nitrogen and oxygen atoms in total. The van der Waals surface area contributed by atoms with Crippen molar-refractivity contribution in [1.82, 2.24) is 0 Å². The van der Waals surface area contributed by atoms with Crippen molar-refractivity contribution >= 4 is 21.6 Å². The lowest BCUT2D eigenvalue weighted by molar-refractivity contribution is 0.303. The molecule has 0 bridgehead atoms. The highest BCUT2D eigenvalue weighted by molar-refractivity contribution is 9.10. The lowest BCUT2D eigenvalue weighted by Gasteiger charge is -2.10. The molecule has 0 fully saturated rings. The van der Waals surface area contributed by atoms with Crippen LogP contribution in [-0.2, 0) is 6.61 Å². The Bertz CT molecular complexity index is 543. The first-order valence-corrected chi connectivity index (χ1v) is 6.29. The smallest absolute Gasteiger partial charge is 0.133 e. The van der Waals surface area contributed by atoms with Gasteiger partial charge in [-0.3, -0.25) is 0 Å². The molecule has 2 aromatic rings. The zero-order chi connectivity index (χ0) is 13.0. The van der Waals surface area contributed by atoms with Crippen LogP contribution in [0, 0.1) is 0 Å². The Labute approximate surface area is 115 Å². The molecule has 2 N–H and O–H groups in total. The highest BCUT2D eigenvalue weighted by Gasteiger charge is 2.03. The number of para-hydroxylation sites is 1. The minimum atomic E-state index is 0.448. The molecular weight excluding hydrogens is 294 g/mol. The second-order valence-electron chi connectivity index (χ2n) is 3.83. The third-order valence-electron chi connectivity index (χ3n) is 2.46. The molecule has 18 heavy (non-hydrogen) atoms. The molecule has 0 atom stereocenters. The number of rotatable bonds is 4. The Morgan fingerprint density at radius 1 is 1.17 bits per heavy atom. The van der Waals surface area contributed by atoms with Gasteiger partial charge >= 0.3 is 0 Å². The number of halogens is 1. The molecule has 4 heteroatoms. The standard InChI is InChI=1S/C14H14BrNO2/c1-17-12-7-10(6-11(16)8-12)9-18-14-5-3-2-4-13(14)15/h2-8H,9,16H2,1H3. The fourth-order valence-corrected chi connectivity index (χ4v) is 2.01. The van der Waals surface area contributed by atoms with Crippen LogP contribution < -0.4 is 15.2 Å². The maximum Gasteiger partial charge on any atom is 0.133 e. The van der Waals surface area contributed by atoms with Gasteiger partial charge in [0.05, 0.1) is 11.6 Å². The SMILES string of the molecule is COc1cc(N)cc(COc2ccccc2Br)c1. The summed E-state index contributed by atoms with van der Waals surface area (Å²) in [6.45, 7) is 0.448. The zero-order valence-electron chi connectivity index (χ0n) is 10.0. The summed E-state index contributed by atoms with van der Waals surface area (Å²) in [7, 11) is 1.62. The number of nitrogen functional groups attached to an aromatic ring is 1. The molecule has 0 aromatic heterocycles. The molecule has 0 saturated heterocycles. The summed E-state index contributed by atoms with van der Waals surface area (Å²) >= 11 is 3.44. The minimum Gasteiger partial charge on any atom is -0.497 e. The van der Waals surface area contributed by atoms with Gasteiger partial charge < -0.3 is 15.2 Å². The van der Waals surface area contributed by atoms with Crippen LogP contribution in [0.4, 0.5) is 5.69 Å². The third kappa shape index (κ3) is 3.17. The lowest BCUT2D eigenvalue weighted by atomic mass is 10.2. The van der Waals surface area contributed by atoms with E-state index in [2.05, 4.69) is 15.9 Å². The second-order valence-corrected chi connectivity index (χ2v) is 4.69. The van der Waals surface area contributed by atoms with E-state index < -0.39 is 0 Å². The van der Waals surface area contributed by atoms with E-state index in [9.17, 15) is 0 Å². The van der Waals surface area contributed by atoms with Crippen molar-refractivity contribution in [3.05, 3.63) is 52.5 Å². The van der Waals surface area contributed by atoms with Crippen LogP contribution in [0.5, 0.6) is 11.5 Å². The summed E-state index contributed by atoms with van der Waals surface area (Å²) in [4.78, 5) is 0. The summed E-state index contributed by atoms with van der Waals surface area (Å²) in [6.07, 6.45) is 0. The average Bonchev–Trinajstić information content (AvgIpc) is 2.37. The van der Waals surface area contributed by atoms with Gasteiger partial charge in [0.1, 0.15) is 18.1 Å². The van der Waals surface area contributed by atoms with Crippen molar-refractivity contribution in [3.63, 3.8) is 0 Å². The number of methoxy groups -OCH3 is 1. The van der Waals surface area contributed by atoms with Gasteiger partial charge in [-0.1, -0.05) is 12.1 Å². The largest absolute Gasteiger partial charge is 0.497 e. The summed E-state index contributed by atoms with van der Waals surface area (Å²) in [5.41, 5.74) is 7.43. The van der Waals surface area contributed by atoms with Gasteiger partial charge in [-0.2, -0.15) is 0 Å². The Morgan fingerprint density at radius 2 is 1.94 bits per heavy atom. The van der Waals surface area contributed by atoms with Crippen molar-refractivity contribution in [1.29, 1.82) is 0 Å². The third-order valence-corrected chi connectivity index (χ3v) is 3.11. The van der Waals surface area contributed by atoms with Crippen LogP contribution in [-0.4, -0.2) is 7.11 Å². The number of benzene rings is 2. The molecule has 2 rings (SSSR count). The van der Waals surface area contributed by atoms with Gasteiger partial charge in [0.25, 0.3) is 0 Å². The maximum atomic E-state index is 5.79. The van der Waals surface area contributed by atoms with Gasteiger partial charge in [0, 0.05) is 11.8 Å².